The molecule has 3 aromatic rings. The van der Waals surface area contributed by atoms with Crippen molar-refractivity contribution >= 4 is 27.9 Å². The molecule has 1 unspecified atom stereocenters. The fraction of sp³-hybridized carbons (Fsp3) is 0.294. The van der Waals surface area contributed by atoms with E-state index in [1.807, 2.05) is 24.4 Å². The number of nitrogens with zero attached hydrogens (tertiary/aromatic N) is 3. The molecule has 1 aromatic carbocycles. The maximum absolute atomic E-state index is 12.1. The predicted molar refractivity (Wildman–Crippen MR) is 94.8 cm³/mol. The molecule has 0 fully saturated rings. The fourth-order valence-electron chi connectivity index (χ4n) is 2.97. The number of ether oxygens (including phenoxy) is 1. The molecule has 1 aliphatic rings. The Balaban J connectivity index is 1.76. The number of aromatic nitrogens is 2. The van der Waals surface area contributed by atoms with Crippen molar-refractivity contribution in [3.8, 4) is 17.0 Å². The second kappa shape index (κ2) is 5.61. The Morgan fingerprint density at radius 1 is 1.42 bits per heavy atom. The van der Waals surface area contributed by atoms with Crippen LogP contribution in [0.5, 0.6) is 5.75 Å². The molecule has 1 aliphatic heterocycles. The predicted octanol–water partition coefficient (Wildman–Crippen LogP) is 2.31. The molecule has 7 heteroatoms. The van der Waals surface area contributed by atoms with Crippen LogP contribution in [0.4, 0.5) is 5.69 Å². The number of carbonyl (C=O) groups excluding carboxylic acids is 1. The number of hydrogen-bond acceptors (Lipinski definition) is 5. The van der Waals surface area contributed by atoms with E-state index in [0.717, 1.165) is 34.1 Å². The van der Waals surface area contributed by atoms with E-state index in [0.29, 0.717) is 6.54 Å². The zero-order chi connectivity index (χ0) is 16.8. The topological polar surface area (TPSA) is 72.9 Å². The molecule has 0 bridgehead atoms. The van der Waals surface area contributed by atoms with Gasteiger partial charge in [-0.15, -0.1) is 11.3 Å². The van der Waals surface area contributed by atoms with Crippen molar-refractivity contribution in [2.45, 2.75) is 19.4 Å². The van der Waals surface area contributed by atoms with E-state index in [4.69, 9.17) is 15.5 Å². The lowest BCUT2D eigenvalue weighted by Gasteiger charge is -2.30. The van der Waals surface area contributed by atoms with Crippen LogP contribution >= 0.6 is 11.3 Å². The number of nitrogens with two attached hydrogens (primary N) is 1. The smallest absolute Gasteiger partial charge is 0.267 e. The van der Waals surface area contributed by atoms with Gasteiger partial charge in [-0.05, 0) is 31.7 Å². The van der Waals surface area contributed by atoms with Gasteiger partial charge in [0.15, 0.2) is 11.1 Å². The van der Waals surface area contributed by atoms with Crippen molar-refractivity contribution in [2.24, 2.45) is 5.73 Å². The third-order valence-corrected chi connectivity index (χ3v) is 5.17. The van der Waals surface area contributed by atoms with Gasteiger partial charge in [-0.25, -0.2) is 4.98 Å². The van der Waals surface area contributed by atoms with Gasteiger partial charge in [0.2, 0.25) is 0 Å². The van der Waals surface area contributed by atoms with Crippen molar-refractivity contribution in [3.05, 3.63) is 35.5 Å². The Bertz CT molecular complexity index is 930. The molecule has 0 saturated carbocycles. The number of benzene rings is 1. The number of likely N-dealkylation sites (N-methyl/N-ethyl adjacent to an activating group) is 1. The monoisotopic (exact) mass is 342 g/mol. The van der Waals surface area contributed by atoms with Crippen LogP contribution in [0.2, 0.25) is 0 Å². The van der Waals surface area contributed by atoms with Crippen LogP contribution in [0.25, 0.3) is 16.2 Å². The summed E-state index contributed by atoms with van der Waals surface area (Å²) in [6.45, 7) is 2.37. The van der Waals surface area contributed by atoms with Crippen molar-refractivity contribution in [1.29, 1.82) is 0 Å². The molecule has 124 valence electrons. The highest BCUT2D eigenvalue weighted by atomic mass is 32.1. The Morgan fingerprint density at radius 2 is 2.25 bits per heavy atom. The largest absolute Gasteiger partial charge is 0.479 e. The summed E-state index contributed by atoms with van der Waals surface area (Å²) in [6.07, 6.45) is 2.39. The van der Waals surface area contributed by atoms with Crippen LogP contribution in [0, 0.1) is 0 Å². The summed E-state index contributed by atoms with van der Waals surface area (Å²) in [4.78, 5) is 19.4. The first-order valence-electron chi connectivity index (χ1n) is 7.82. The van der Waals surface area contributed by atoms with Gasteiger partial charge in [0.1, 0.15) is 5.75 Å². The van der Waals surface area contributed by atoms with Crippen LogP contribution in [0.1, 0.15) is 12.6 Å². The van der Waals surface area contributed by atoms with Crippen LogP contribution in [0.3, 0.4) is 0 Å². The quantitative estimate of drug-likeness (QED) is 0.793. The molecule has 2 N–H and O–H groups in total. The molecule has 1 atom stereocenters. The summed E-state index contributed by atoms with van der Waals surface area (Å²) in [6, 6.07) is 5.83. The summed E-state index contributed by atoms with van der Waals surface area (Å²) in [7, 11) is 1.77. The zero-order valence-corrected chi connectivity index (χ0v) is 14.3. The lowest BCUT2D eigenvalue weighted by molar-refractivity contribution is -0.125. The maximum atomic E-state index is 12.1. The molecular formula is C17H18N4O2S. The summed E-state index contributed by atoms with van der Waals surface area (Å²) in [5.41, 5.74) is 9.44. The van der Waals surface area contributed by atoms with E-state index in [2.05, 4.69) is 9.78 Å². The van der Waals surface area contributed by atoms with Gasteiger partial charge in [0.05, 0.1) is 11.4 Å². The van der Waals surface area contributed by atoms with Gasteiger partial charge >= 0.3 is 0 Å². The molecule has 2 aromatic heterocycles. The van der Waals surface area contributed by atoms with Crippen molar-refractivity contribution < 1.29 is 9.53 Å². The summed E-state index contributed by atoms with van der Waals surface area (Å²) < 4.78 is 7.75. The van der Waals surface area contributed by atoms with E-state index in [1.54, 1.807) is 30.2 Å². The van der Waals surface area contributed by atoms with E-state index in [-0.39, 0.29) is 5.91 Å². The Labute approximate surface area is 143 Å². The van der Waals surface area contributed by atoms with Gasteiger partial charge < -0.3 is 15.4 Å². The highest BCUT2D eigenvalue weighted by Gasteiger charge is 2.29. The van der Waals surface area contributed by atoms with Gasteiger partial charge in [-0.1, -0.05) is 0 Å². The number of amides is 1. The van der Waals surface area contributed by atoms with Crippen molar-refractivity contribution in [2.75, 3.05) is 18.5 Å². The van der Waals surface area contributed by atoms with Gasteiger partial charge in [-0.3, -0.25) is 9.20 Å². The number of thiazole rings is 1. The first kappa shape index (κ1) is 15.2. The van der Waals surface area contributed by atoms with E-state index in [1.165, 1.54) is 5.69 Å². The molecule has 0 radical (unpaired) electrons. The highest BCUT2D eigenvalue weighted by Crippen LogP contribution is 2.37. The lowest BCUT2D eigenvalue weighted by Crippen LogP contribution is -2.41. The fourth-order valence-corrected chi connectivity index (χ4v) is 3.87. The minimum Gasteiger partial charge on any atom is -0.479 e. The molecule has 4 rings (SSSR count). The number of carbonyl (C=O) groups is 1. The number of imidazole rings is 1. The normalized spacial score (nSPS) is 17.2. The van der Waals surface area contributed by atoms with Gasteiger partial charge in [0, 0.05) is 36.3 Å². The first-order chi connectivity index (χ1) is 11.6. The highest BCUT2D eigenvalue weighted by molar-refractivity contribution is 7.15. The molecule has 0 spiro atoms. The minimum absolute atomic E-state index is 0.0456. The van der Waals surface area contributed by atoms with Crippen LogP contribution in [0.15, 0.2) is 29.8 Å². The second-order valence-electron chi connectivity index (χ2n) is 5.88. The molecule has 6 nitrogen and oxygen atoms in total. The molecule has 3 heterocycles. The lowest BCUT2D eigenvalue weighted by atomic mass is 10.1. The van der Waals surface area contributed by atoms with Gasteiger partial charge in [0.25, 0.3) is 5.91 Å². The van der Waals surface area contributed by atoms with Crippen LogP contribution in [-0.2, 0) is 11.2 Å². The maximum Gasteiger partial charge on any atom is 0.267 e. The SMILES string of the molecule is CC1Oc2ccc(-c3cn4c(CCN)csc4n3)cc2N(C)C1=O. The Hall–Kier alpha value is -2.38. The Morgan fingerprint density at radius 3 is 3.04 bits per heavy atom. The first-order valence-corrected chi connectivity index (χ1v) is 8.70. The average Bonchev–Trinajstić information content (AvgIpc) is 3.15. The number of rotatable bonds is 3. The van der Waals surface area contributed by atoms with Crippen molar-refractivity contribution in [3.63, 3.8) is 0 Å². The van der Waals surface area contributed by atoms with Gasteiger partial charge in [-0.2, -0.15) is 0 Å². The average molecular weight is 342 g/mol. The molecule has 0 saturated heterocycles. The van der Waals surface area contributed by atoms with Crippen molar-refractivity contribution in [1.82, 2.24) is 9.38 Å². The van der Waals surface area contributed by atoms with E-state index >= 15 is 0 Å². The third kappa shape index (κ3) is 2.28. The van der Waals surface area contributed by atoms with Crippen LogP contribution in [-0.4, -0.2) is 35.0 Å². The zero-order valence-electron chi connectivity index (χ0n) is 13.5. The summed E-state index contributed by atoms with van der Waals surface area (Å²) in [5, 5.41) is 2.09. The Kier molecular flexibility index (Phi) is 3.54. The standard InChI is InChI=1S/C17H18N4O2S/c1-10-16(22)20(2)14-7-11(3-4-15(14)23-10)13-8-21-12(5-6-18)9-24-17(21)19-13/h3-4,7-10H,5-6,18H2,1-2H3. The molecular weight excluding hydrogens is 324 g/mol. The van der Waals surface area contributed by atoms with Crippen LogP contribution < -0.4 is 15.4 Å². The van der Waals surface area contributed by atoms with E-state index < -0.39 is 6.10 Å². The number of fused-ring (bicyclic) bond motifs is 2. The summed E-state index contributed by atoms with van der Waals surface area (Å²) in [5.74, 6) is 0.675. The number of anilines is 1. The number of hydrogen-bond donors (Lipinski definition) is 1. The second-order valence-corrected chi connectivity index (χ2v) is 6.72. The molecule has 0 aliphatic carbocycles. The minimum atomic E-state index is -0.454. The summed E-state index contributed by atoms with van der Waals surface area (Å²) >= 11 is 1.61. The third-order valence-electron chi connectivity index (χ3n) is 4.28. The molecule has 24 heavy (non-hydrogen) atoms. The molecule has 1 amide bonds. The van der Waals surface area contributed by atoms with E-state index in [9.17, 15) is 4.79 Å².